The molecule has 0 saturated heterocycles. The van der Waals surface area contributed by atoms with Gasteiger partial charge in [0.2, 0.25) is 5.78 Å². The van der Waals surface area contributed by atoms with Gasteiger partial charge in [-0.1, -0.05) is 11.6 Å². The first-order chi connectivity index (χ1) is 8.56. The molecule has 0 aliphatic rings. The fourth-order valence-corrected chi connectivity index (χ4v) is 2.27. The summed E-state index contributed by atoms with van der Waals surface area (Å²) in [5, 5.41) is 9.48. The SMILES string of the molecule is Cn1c(CC(=O)O)cn2c3cc(Cl)ccc3nc12. The van der Waals surface area contributed by atoms with Crippen molar-refractivity contribution in [3.05, 3.63) is 35.1 Å². The van der Waals surface area contributed by atoms with Crippen molar-refractivity contribution in [3.63, 3.8) is 0 Å². The van der Waals surface area contributed by atoms with E-state index in [1.807, 2.05) is 16.5 Å². The van der Waals surface area contributed by atoms with Gasteiger partial charge in [-0.2, -0.15) is 0 Å². The molecule has 5 nitrogen and oxygen atoms in total. The molecular weight excluding hydrogens is 254 g/mol. The molecule has 1 aromatic carbocycles. The summed E-state index contributed by atoms with van der Waals surface area (Å²) in [6.45, 7) is 0. The van der Waals surface area contributed by atoms with Crippen molar-refractivity contribution in [2.75, 3.05) is 0 Å². The zero-order chi connectivity index (χ0) is 12.9. The van der Waals surface area contributed by atoms with Crippen LogP contribution >= 0.6 is 11.6 Å². The fraction of sp³-hybridized carbons (Fsp3) is 0.167. The molecule has 0 saturated carbocycles. The molecular formula is C12H10ClN3O2. The molecule has 18 heavy (non-hydrogen) atoms. The molecule has 0 aliphatic heterocycles. The number of aromatic nitrogens is 3. The monoisotopic (exact) mass is 263 g/mol. The molecule has 3 rings (SSSR count). The largest absolute Gasteiger partial charge is 0.481 e. The first-order valence-electron chi connectivity index (χ1n) is 5.40. The Morgan fingerprint density at radius 3 is 3.00 bits per heavy atom. The fourth-order valence-electron chi connectivity index (χ4n) is 2.10. The molecule has 0 bridgehead atoms. The van der Waals surface area contributed by atoms with E-state index in [-0.39, 0.29) is 6.42 Å². The predicted molar refractivity (Wildman–Crippen MR) is 68.0 cm³/mol. The van der Waals surface area contributed by atoms with Gasteiger partial charge >= 0.3 is 5.97 Å². The molecule has 0 unspecified atom stereocenters. The average Bonchev–Trinajstić information content (AvgIpc) is 2.78. The van der Waals surface area contributed by atoms with Crippen LogP contribution in [0.4, 0.5) is 0 Å². The number of carbonyl (C=O) groups is 1. The maximum absolute atomic E-state index is 10.8. The quantitative estimate of drug-likeness (QED) is 0.770. The highest BCUT2D eigenvalue weighted by molar-refractivity contribution is 6.31. The molecule has 0 radical (unpaired) electrons. The summed E-state index contributed by atoms with van der Waals surface area (Å²) >= 11 is 5.96. The third kappa shape index (κ3) is 1.55. The van der Waals surface area contributed by atoms with Crippen molar-refractivity contribution >= 4 is 34.4 Å². The molecule has 2 heterocycles. The van der Waals surface area contributed by atoms with Crippen molar-refractivity contribution < 1.29 is 9.90 Å². The van der Waals surface area contributed by atoms with Crippen molar-refractivity contribution in [1.29, 1.82) is 0 Å². The van der Waals surface area contributed by atoms with Crippen LogP contribution in [0, 0.1) is 0 Å². The van der Waals surface area contributed by atoms with Gasteiger partial charge in [0, 0.05) is 24.0 Å². The topological polar surface area (TPSA) is 59.5 Å². The molecule has 0 spiro atoms. The molecule has 0 amide bonds. The van der Waals surface area contributed by atoms with Gasteiger partial charge < -0.3 is 9.67 Å². The molecule has 3 aromatic rings. The summed E-state index contributed by atoms with van der Waals surface area (Å²) in [7, 11) is 1.81. The maximum Gasteiger partial charge on any atom is 0.309 e. The van der Waals surface area contributed by atoms with Crippen LogP contribution in [0.2, 0.25) is 5.02 Å². The van der Waals surface area contributed by atoms with Crippen LogP contribution in [0.1, 0.15) is 5.69 Å². The highest BCUT2D eigenvalue weighted by Crippen LogP contribution is 2.22. The zero-order valence-corrected chi connectivity index (χ0v) is 10.3. The van der Waals surface area contributed by atoms with E-state index in [4.69, 9.17) is 16.7 Å². The number of nitrogens with zero attached hydrogens (tertiary/aromatic N) is 3. The third-order valence-corrected chi connectivity index (χ3v) is 3.21. The summed E-state index contributed by atoms with van der Waals surface area (Å²) < 4.78 is 3.64. The van der Waals surface area contributed by atoms with Crippen LogP contribution in [0.5, 0.6) is 0 Å². The highest BCUT2D eigenvalue weighted by atomic mass is 35.5. The van der Waals surface area contributed by atoms with Gasteiger partial charge in [0.1, 0.15) is 0 Å². The minimum absolute atomic E-state index is 0.0259. The number of benzene rings is 1. The van der Waals surface area contributed by atoms with Crippen molar-refractivity contribution in [2.45, 2.75) is 6.42 Å². The van der Waals surface area contributed by atoms with Gasteiger partial charge in [-0.05, 0) is 18.2 Å². The molecule has 0 aliphatic carbocycles. The second kappa shape index (κ2) is 3.74. The van der Waals surface area contributed by atoms with E-state index >= 15 is 0 Å². The van der Waals surface area contributed by atoms with Gasteiger partial charge in [0.05, 0.1) is 17.5 Å². The lowest BCUT2D eigenvalue weighted by Gasteiger charge is -1.97. The van der Waals surface area contributed by atoms with Gasteiger partial charge in [-0.25, -0.2) is 4.98 Å². The number of fused-ring (bicyclic) bond motifs is 3. The lowest BCUT2D eigenvalue weighted by Crippen LogP contribution is -2.05. The number of hydrogen-bond acceptors (Lipinski definition) is 2. The summed E-state index contributed by atoms with van der Waals surface area (Å²) in [6, 6.07) is 5.46. The third-order valence-electron chi connectivity index (χ3n) is 2.97. The lowest BCUT2D eigenvalue weighted by molar-refractivity contribution is -0.136. The maximum atomic E-state index is 10.8. The first-order valence-corrected chi connectivity index (χ1v) is 5.78. The molecule has 6 heteroatoms. The lowest BCUT2D eigenvalue weighted by atomic mass is 10.3. The van der Waals surface area contributed by atoms with E-state index in [1.54, 1.807) is 23.9 Å². The molecule has 0 atom stereocenters. The van der Waals surface area contributed by atoms with Gasteiger partial charge in [-0.15, -0.1) is 0 Å². The van der Waals surface area contributed by atoms with Crippen LogP contribution in [-0.2, 0) is 18.3 Å². The molecule has 0 fully saturated rings. The standard InChI is InChI=1S/C12H10ClN3O2/c1-15-8(5-11(17)18)6-16-10-4-7(13)2-3-9(10)14-12(15)16/h2-4,6H,5H2,1H3,(H,17,18). The van der Waals surface area contributed by atoms with E-state index in [9.17, 15) is 4.79 Å². The van der Waals surface area contributed by atoms with Crippen molar-refractivity contribution in [3.8, 4) is 0 Å². The van der Waals surface area contributed by atoms with Crippen LogP contribution < -0.4 is 0 Å². The number of hydrogen-bond donors (Lipinski definition) is 1. The van der Waals surface area contributed by atoms with Crippen LogP contribution in [0.15, 0.2) is 24.4 Å². The van der Waals surface area contributed by atoms with Crippen LogP contribution in [-0.4, -0.2) is 25.0 Å². The molecule has 1 N–H and O–H groups in total. The number of aryl methyl sites for hydroxylation is 1. The average molecular weight is 264 g/mol. The number of carboxylic acids is 1. The summed E-state index contributed by atoms with van der Waals surface area (Å²) in [5.74, 6) is -0.148. The minimum atomic E-state index is -0.860. The normalized spacial score (nSPS) is 11.4. The molecule has 92 valence electrons. The van der Waals surface area contributed by atoms with Gasteiger partial charge in [0.25, 0.3) is 0 Å². The summed E-state index contributed by atoms with van der Waals surface area (Å²) in [4.78, 5) is 15.2. The predicted octanol–water partition coefficient (Wildman–Crippen LogP) is 2.11. The number of carboxylic acid groups (broad SMARTS) is 1. The second-order valence-corrected chi connectivity index (χ2v) is 4.60. The van der Waals surface area contributed by atoms with E-state index in [0.717, 1.165) is 11.0 Å². The zero-order valence-electron chi connectivity index (χ0n) is 9.59. The minimum Gasteiger partial charge on any atom is -0.481 e. The number of aliphatic carboxylic acids is 1. The Morgan fingerprint density at radius 2 is 2.28 bits per heavy atom. The summed E-state index contributed by atoms with van der Waals surface area (Å²) in [5.41, 5.74) is 2.42. The van der Waals surface area contributed by atoms with Crippen molar-refractivity contribution in [2.24, 2.45) is 7.05 Å². The van der Waals surface area contributed by atoms with E-state index in [1.165, 1.54) is 0 Å². The number of imidazole rings is 2. The number of halogens is 1. The van der Waals surface area contributed by atoms with E-state index in [2.05, 4.69) is 4.98 Å². The van der Waals surface area contributed by atoms with Gasteiger partial charge in [0.15, 0.2) is 0 Å². The Labute approximate surface area is 107 Å². The Kier molecular flexibility index (Phi) is 2.31. The first kappa shape index (κ1) is 11.1. The van der Waals surface area contributed by atoms with Crippen LogP contribution in [0.25, 0.3) is 16.8 Å². The highest BCUT2D eigenvalue weighted by Gasteiger charge is 2.13. The smallest absolute Gasteiger partial charge is 0.309 e. The van der Waals surface area contributed by atoms with E-state index in [0.29, 0.717) is 16.5 Å². The van der Waals surface area contributed by atoms with Gasteiger partial charge in [-0.3, -0.25) is 9.20 Å². The Balaban J connectivity index is 2.30. The van der Waals surface area contributed by atoms with E-state index < -0.39 is 5.97 Å². The number of rotatable bonds is 2. The Hall–Kier alpha value is -2.01. The molecule has 2 aromatic heterocycles. The second-order valence-electron chi connectivity index (χ2n) is 4.16. The van der Waals surface area contributed by atoms with Crippen molar-refractivity contribution in [1.82, 2.24) is 14.0 Å². The van der Waals surface area contributed by atoms with Crippen LogP contribution in [0.3, 0.4) is 0 Å². The summed E-state index contributed by atoms with van der Waals surface area (Å²) in [6.07, 6.45) is 1.76. The Bertz CT molecular complexity index is 772. The Morgan fingerprint density at radius 1 is 1.50 bits per heavy atom.